The number of benzene rings is 1. The summed E-state index contributed by atoms with van der Waals surface area (Å²) in [6.45, 7) is 0.407. The molecule has 0 saturated carbocycles. The van der Waals surface area contributed by atoms with E-state index in [9.17, 15) is 9.59 Å². The van der Waals surface area contributed by atoms with Gasteiger partial charge in [-0.2, -0.15) is 0 Å². The van der Waals surface area contributed by atoms with Gasteiger partial charge in [0.25, 0.3) is 0 Å². The molecule has 0 spiro atoms. The maximum absolute atomic E-state index is 11.5. The van der Waals surface area contributed by atoms with E-state index in [4.69, 9.17) is 11.5 Å². The van der Waals surface area contributed by atoms with Crippen LogP contribution in [-0.2, 0) is 4.79 Å². The SMILES string of the molecule is C#CCNCC(=O)Nc1ccc(C(=O)O)cc1Br. The summed E-state index contributed by atoms with van der Waals surface area (Å²) in [6, 6.07) is 4.36. The Morgan fingerprint density at radius 3 is 2.72 bits per heavy atom. The molecule has 0 aliphatic carbocycles. The highest BCUT2D eigenvalue weighted by Gasteiger charge is 2.08. The zero-order chi connectivity index (χ0) is 13.5. The normalized spacial score (nSPS) is 9.56. The molecule has 0 radical (unpaired) electrons. The molecule has 0 aliphatic rings. The van der Waals surface area contributed by atoms with Crippen LogP contribution in [0.3, 0.4) is 0 Å². The number of carbonyl (C=O) groups is 2. The smallest absolute Gasteiger partial charge is 0.335 e. The number of hydrogen-bond donors (Lipinski definition) is 3. The van der Waals surface area contributed by atoms with Crippen LogP contribution >= 0.6 is 15.9 Å². The Bertz CT molecular complexity index is 509. The topological polar surface area (TPSA) is 78.4 Å². The molecule has 0 aromatic heterocycles. The summed E-state index contributed by atoms with van der Waals surface area (Å²) in [5.41, 5.74) is 0.651. The number of hydrogen-bond acceptors (Lipinski definition) is 3. The number of terminal acetylenes is 1. The molecule has 5 nitrogen and oxygen atoms in total. The Labute approximate surface area is 113 Å². The average molecular weight is 311 g/mol. The number of nitrogens with one attached hydrogen (secondary N) is 2. The first kappa shape index (κ1) is 14.2. The maximum Gasteiger partial charge on any atom is 0.335 e. The van der Waals surface area contributed by atoms with Gasteiger partial charge < -0.3 is 10.4 Å². The Morgan fingerprint density at radius 2 is 2.17 bits per heavy atom. The van der Waals surface area contributed by atoms with E-state index in [0.717, 1.165) is 0 Å². The van der Waals surface area contributed by atoms with Gasteiger partial charge >= 0.3 is 5.97 Å². The highest BCUT2D eigenvalue weighted by atomic mass is 79.9. The summed E-state index contributed by atoms with van der Waals surface area (Å²) in [7, 11) is 0. The Morgan fingerprint density at radius 1 is 1.44 bits per heavy atom. The molecule has 94 valence electrons. The van der Waals surface area contributed by atoms with Gasteiger partial charge in [0, 0.05) is 4.47 Å². The Balaban J connectivity index is 2.65. The van der Waals surface area contributed by atoms with Crippen molar-refractivity contribution in [2.75, 3.05) is 18.4 Å². The number of aromatic carboxylic acids is 1. The summed E-state index contributed by atoms with van der Waals surface area (Å²) < 4.78 is 0.507. The van der Waals surface area contributed by atoms with Crippen LogP contribution in [0.25, 0.3) is 0 Å². The predicted octanol–water partition coefficient (Wildman–Crippen LogP) is 1.31. The summed E-state index contributed by atoms with van der Waals surface area (Å²) in [5.74, 6) is 1.07. The van der Waals surface area contributed by atoms with Crippen molar-refractivity contribution in [2.24, 2.45) is 0 Å². The van der Waals surface area contributed by atoms with Crippen molar-refractivity contribution in [1.82, 2.24) is 5.32 Å². The second-order valence-corrected chi connectivity index (χ2v) is 4.21. The van der Waals surface area contributed by atoms with E-state index in [0.29, 0.717) is 16.7 Å². The van der Waals surface area contributed by atoms with E-state index in [1.54, 1.807) is 0 Å². The zero-order valence-corrected chi connectivity index (χ0v) is 11.0. The highest BCUT2D eigenvalue weighted by Crippen LogP contribution is 2.23. The van der Waals surface area contributed by atoms with Crippen molar-refractivity contribution >= 4 is 33.5 Å². The molecule has 0 atom stereocenters. The third kappa shape index (κ3) is 4.20. The van der Waals surface area contributed by atoms with Crippen LogP contribution in [0.2, 0.25) is 0 Å². The van der Waals surface area contributed by atoms with Crippen molar-refractivity contribution < 1.29 is 14.7 Å². The second-order valence-electron chi connectivity index (χ2n) is 3.36. The minimum absolute atomic E-state index is 0.0946. The van der Waals surface area contributed by atoms with Crippen LogP contribution in [0.15, 0.2) is 22.7 Å². The number of amides is 1. The first-order chi connectivity index (χ1) is 8.54. The number of halogens is 1. The van der Waals surface area contributed by atoms with E-state index in [1.807, 2.05) is 0 Å². The van der Waals surface area contributed by atoms with Crippen molar-refractivity contribution in [3.63, 3.8) is 0 Å². The van der Waals surface area contributed by atoms with Crippen molar-refractivity contribution in [3.8, 4) is 12.3 Å². The van der Waals surface area contributed by atoms with E-state index >= 15 is 0 Å². The molecule has 0 unspecified atom stereocenters. The first-order valence-corrected chi connectivity index (χ1v) is 5.80. The van der Waals surface area contributed by atoms with Crippen LogP contribution in [-0.4, -0.2) is 30.1 Å². The number of rotatable bonds is 5. The number of carboxylic acid groups (broad SMARTS) is 1. The molecule has 0 heterocycles. The van der Waals surface area contributed by atoms with Crippen LogP contribution in [0.5, 0.6) is 0 Å². The minimum Gasteiger partial charge on any atom is -0.478 e. The van der Waals surface area contributed by atoms with E-state index in [1.165, 1.54) is 18.2 Å². The molecule has 0 fully saturated rings. The number of carbonyl (C=O) groups excluding carboxylic acids is 1. The summed E-state index contributed by atoms with van der Waals surface area (Å²) in [5, 5.41) is 14.2. The molecular formula is C12H11BrN2O3. The van der Waals surface area contributed by atoms with Gasteiger partial charge in [-0.05, 0) is 34.1 Å². The van der Waals surface area contributed by atoms with E-state index < -0.39 is 5.97 Å². The molecule has 1 aromatic rings. The predicted molar refractivity (Wildman–Crippen MR) is 71.4 cm³/mol. The van der Waals surface area contributed by atoms with Crippen molar-refractivity contribution in [3.05, 3.63) is 28.2 Å². The lowest BCUT2D eigenvalue weighted by Crippen LogP contribution is -2.28. The molecule has 6 heteroatoms. The third-order valence-corrected chi connectivity index (χ3v) is 2.66. The first-order valence-electron chi connectivity index (χ1n) is 5.01. The van der Waals surface area contributed by atoms with Gasteiger partial charge in [-0.3, -0.25) is 10.1 Å². The van der Waals surface area contributed by atoms with Crippen LogP contribution < -0.4 is 10.6 Å². The molecule has 18 heavy (non-hydrogen) atoms. The molecule has 1 amide bonds. The molecule has 0 saturated heterocycles. The molecule has 1 rings (SSSR count). The van der Waals surface area contributed by atoms with Gasteiger partial charge in [-0.1, -0.05) is 5.92 Å². The van der Waals surface area contributed by atoms with Crippen LogP contribution in [0.4, 0.5) is 5.69 Å². The monoisotopic (exact) mass is 310 g/mol. The molecule has 0 aliphatic heterocycles. The second kappa shape index (κ2) is 6.79. The minimum atomic E-state index is -1.02. The molecule has 1 aromatic carbocycles. The largest absolute Gasteiger partial charge is 0.478 e. The summed E-state index contributed by atoms with van der Waals surface area (Å²) in [4.78, 5) is 22.2. The fourth-order valence-corrected chi connectivity index (χ4v) is 1.67. The summed E-state index contributed by atoms with van der Waals surface area (Å²) in [6.07, 6.45) is 5.03. The lowest BCUT2D eigenvalue weighted by molar-refractivity contribution is -0.115. The van der Waals surface area contributed by atoms with Gasteiger partial charge in [0.15, 0.2) is 0 Å². The number of anilines is 1. The molecule has 0 bridgehead atoms. The fourth-order valence-electron chi connectivity index (χ4n) is 1.19. The van der Waals surface area contributed by atoms with Gasteiger partial charge in [0.1, 0.15) is 0 Å². The van der Waals surface area contributed by atoms with E-state index in [-0.39, 0.29) is 18.0 Å². The van der Waals surface area contributed by atoms with Gasteiger partial charge in [-0.15, -0.1) is 6.42 Å². The van der Waals surface area contributed by atoms with Gasteiger partial charge in [0.05, 0.1) is 24.3 Å². The molecule has 3 N–H and O–H groups in total. The van der Waals surface area contributed by atoms with Crippen molar-refractivity contribution in [1.29, 1.82) is 0 Å². The lowest BCUT2D eigenvalue weighted by Gasteiger charge is -2.08. The number of carboxylic acids is 1. The van der Waals surface area contributed by atoms with Crippen LogP contribution in [0.1, 0.15) is 10.4 Å². The zero-order valence-electron chi connectivity index (χ0n) is 9.37. The molecular weight excluding hydrogens is 300 g/mol. The van der Waals surface area contributed by atoms with E-state index in [2.05, 4.69) is 32.5 Å². The Kier molecular flexibility index (Phi) is 5.36. The quantitative estimate of drug-likeness (QED) is 0.566. The third-order valence-electron chi connectivity index (χ3n) is 2.00. The standard InChI is InChI=1S/C12H11BrN2O3/c1-2-5-14-7-11(16)15-10-4-3-8(12(17)18)6-9(10)13/h1,3-4,6,14H,5,7H2,(H,15,16)(H,17,18). The van der Waals surface area contributed by atoms with Gasteiger partial charge in [0.2, 0.25) is 5.91 Å². The van der Waals surface area contributed by atoms with Crippen molar-refractivity contribution in [2.45, 2.75) is 0 Å². The van der Waals surface area contributed by atoms with Crippen LogP contribution in [0, 0.1) is 12.3 Å². The summed E-state index contributed by atoms with van der Waals surface area (Å²) >= 11 is 3.19. The average Bonchev–Trinajstić information content (AvgIpc) is 2.32. The fraction of sp³-hybridized carbons (Fsp3) is 0.167. The maximum atomic E-state index is 11.5. The van der Waals surface area contributed by atoms with Gasteiger partial charge in [-0.25, -0.2) is 4.79 Å². The lowest BCUT2D eigenvalue weighted by atomic mass is 10.2. The Hall–Kier alpha value is -1.84. The highest BCUT2D eigenvalue weighted by molar-refractivity contribution is 9.10.